The van der Waals surface area contributed by atoms with Gasteiger partial charge in [0.05, 0.1) is 23.9 Å². The third kappa shape index (κ3) is 10.8. The Labute approximate surface area is 265 Å². The first-order valence-electron chi connectivity index (χ1n) is 16.2. The molecule has 1 aliphatic heterocycles. The normalized spacial score (nSPS) is 22.9. The third-order valence-corrected chi connectivity index (χ3v) is 8.72. The van der Waals surface area contributed by atoms with Crippen molar-refractivity contribution in [3.63, 3.8) is 0 Å². The molecule has 4 amide bonds. The lowest BCUT2D eigenvalue weighted by atomic mass is 9.91. The number of hydrogen-bond acceptors (Lipinski definition) is 7. The molecule has 3 N–H and O–H groups in total. The highest BCUT2D eigenvalue weighted by molar-refractivity contribution is 5.99. The number of nitrogens with zero attached hydrogens (tertiary/aromatic N) is 1. The predicted octanol–water partition coefficient (Wildman–Crippen LogP) is 3.38. The number of carbonyl (C=O) groups is 5. The molecule has 0 radical (unpaired) electrons. The monoisotopic (exact) mass is 624 g/mol. The summed E-state index contributed by atoms with van der Waals surface area (Å²) < 4.78 is 11.7. The van der Waals surface area contributed by atoms with Gasteiger partial charge in [-0.3, -0.25) is 24.0 Å². The van der Waals surface area contributed by atoms with Crippen molar-refractivity contribution in [3.05, 3.63) is 0 Å². The molecule has 0 aromatic rings. The third-order valence-electron chi connectivity index (χ3n) is 8.72. The number of epoxide rings is 1. The van der Waals surface area contributed by atoms with Gasteiger partial charge in [0.2, 0.25) is 23.6 Å². The summed E-state index contributed by atoms with van der Waals surface area (Å²) in [5.74, 6) is -2.36. The van der Waals surface area contributed by atoms with E-state index in [1.807, 2.05) is 69.2 Å². The minimum absolute atomic E-state index is 0.106. The number of likely N-dealkylation sites (N-methyl/N-ethyl adjacent to an activating group) is 1. The molecule has 0 bridgehead atoms. The van der Waals surface area contributed by atoms with Gasteiger partial charge in [-0.05, 0) is 65.7 Å². The Bertz CT molecular complexity index is 1030. The van der Waals surface area contributed by atoms with Gasteiger partial charge in [0.1, 0.15) is 18.1 Å². The number of hydrogen-bond donors (Lipinski definition) is 3. The zero-order chi connectivity index (χ0) is 34.3. The van der Waals surface area contributed by atoms with E-state index in [1.165, 1.54) is 11.8 Å². The second-order valence-corrected chi connectivity index (χ2v) is 14.2. The zero-order valence-electron chi connectivity index (χ0n) is 29.6. The SMILES string of the molecule is CC[C@H](C)[C@H](NC(=O)[C@H]([C@@H](C)CC)N(C)C(C)=O)C(=O)N[C@H](C(=O)N[C@H](CC(C)C)C(=O)[C@]1(C)O[C@@H]1C)[C@@H](C)OC(C)(C)C. The lowest BCUT2D eigenvalue weighted by molar-refractivity contribution is -0.143. The van der Waals surface area contributed by atoms with Crippen molar-refractivity contribution in [3.8, 4) is 0 Å². The number of carbonyl (C=O) groups excluding carboxylic acids is 5. The number of Topliss-reactive ketones (excluding diaryl/α,β-unsaturated/α-hetero) is 1. The maximum absolute atomic E-state index is 13.9. The molecule has 1 heterocycles. The molecule has 0 spiro atoms. The van der Waals surface area contributed by atoms with E-state index in [4.69, 9.17) is 9.47 Å². The van der Waals surface area contributed by atoms with Crippen LogP contribution in [-0.2, 0) is 33.4 Å². The van der Waals surface area contributed by atoms with Crippen molar-refractivity contribution in [1.82, 2.24) is 20.9 Å². The van der Waals surface area contributed by atoms with E-state index in [2.05, 4.69) is 16.0 Å². The Morgan fingerprint density at radius 1 is 0.864 bits per heavy atom. The lowest BCUT2D eigenvalue weighted by Gasteiger charge is -2.35. The highest BCUT2D eigenvalue weighted by Gasteiger charge is 2.57. The summed E-state index contributed by atoms with van der Waals surface area (Å²) in [6, 6.07) is -3.73. The van der Waals surface area contributed by atoms with Crippen LogP contribution >= 0.6 is 0 Å². The predicted molar refractivity (Wildman–Crippen MR) is 171 cm³/mol. The number of ether oxygens (including phenoxy) is 2. The molecule has 44 heavy (non-hydrogen) atoms. The van der Waals surface area contributed by atoms with Crippen molar-refractivity contribution in [2.24, 2.45) is 17.8 Å². The van der Waals surface area contributed by atoms with Gasteiger partial charge in [-0.1, -0.05) is 54.4 Å². The van der Waals surface area contributed by atoms with Crippen molar-refractivity contribution in [2.75, 3.05) is 7.05 Å². The van der Waals surface area contributed by atoms with Gasteiger partial charge in [-0.15, -0.1) is 0 Å². The summed E-state index contributed by atoms with van der Waals surface area (Å²) in [7, 11) is 1.58. The first-order valence-corrected chi connectivity index (χ1v) is 16.2. The van der Waals surface area contributed by atoms with Crippen molar-refractivity contribution >= 4 is 29.4 Å². The van der Waals surface area contributed by atoms with Crippen LogP contribution in [0.5, 0.6) is 0 Å². The molecule has 1 saturated heterocycles. The summed E-state index contributed by atoms with van der Waals surface area (Å²) >= 11 is 0. The van der Waals surface area contributed by atoms with Gasteiger partial charge in [0, 0.05) is 14.0 Å². The van der Waals surface area contributed by atoms with Crippen LogP contribution in [0.15, 0.2) is 0 Å². The Balaban J connectivity index is 3.39. The standard InChI is InChI=1S/C33H60N4O7/c1-15-19(5)25(35-31(42)27(20(6)16-2)37(14)23(9)38)29(40)36-26(21(7)43-32(10,11)12)30(41)34-24(17-18(3)4)28(39)33(13)22(8)44-33/h18-22,24-27H,15-17H2,1-14H3,(H,34,41)(H,35,42)(H,36,40)/t19-,20-,21+,22+,24+,25-,26-,27-,33+/m0/s1. The van der Waals surface area contributed by atoms with E-state index < -0.39 is 59.2 Å². The molecule has 0 aliphatic carbocycles. The van der Waals surface area contributed by atoms with Gasteiger partial charge >= 0.3 is 0 Å². The zero-order valence-corrected chi connectivity index (χ0v) is 29.6. The minimum atomic E-state index is -1.16. The van der Waals surface area contributed by atoms with Crippen LogP contribution in [0.1, 0.15) is 109 Å². The minimum Gasteiger partial charge on any atom is -0.370 e. The summed E-state index contributed by atoms with van der Waals surface area (Å²) in [5.41, 5.74) is -1.60. The first kappa shape index (κ1) is 39.5. The van der Waals surface area contributed by atoms with Crippen LogP contribution in [0.25, 0.3) is 0 Å². The van der Waals surface area contributed by atoms with E-state index in [0.717, 1.165) is 0 Å². The fraction of sp³-hybridized carbons (Fsp3) is 0.848. The Morgan fingerprint density at radius 3 is 1.75 bits per heavy atom. The second-order valence-electron chi connectivity index (χ2n) is 14.2. The van der Waals surface area contributed by atoms with Crippen molar-refractivity contribution in [1.29, 1.82) is 0 Å². The van der Waals surface area contributed by atoms with Crippen LogP contribution in [0.4, 0.5) is 0 Å². The average Bonchev–Trinajstić information content (AvgIpc) is 3.53. The molecule has 9 atom stereocenters. The number of rotatable bonds is 17. The molecular formula is C33H60N4O7. The molecule has 0 aromatic carbocycles. The van der Waals surface area contributed by atoms with Crippen LogP contribution in [0.3, 0.4) is 0 Å². The summed E-state index contributed by atoms with van der Waals surface area (Å²) in [4.78, 5) is 68.4. The summed E-state index contributed by atoms with van der Waals surface area (Å²) in [5, 5.41) is 8.60. The summed E-state index contributed by atoms with van der Waals surface area (Å²) in [6.45, 7) is 23.7. The van der Waals surface area contributed by atoms with Crippen LogP contribution in [-0.4, -0.2) is 88.9 Å². The van der Waals surface area contributed by atoms with E-state index >= 15 is 0 Å². The molecule has 1 fully saturated rings. The Morgan fingerprint density at radius 2 is 1.34 bits per heavy atom. The second kappa shape index (κ2) is 16.2. The largest absolute Gasteiger partial charge is 0.370 e. The average molecular weight is 625 g/mol. The molecule has 0 saturated carbocycles. The molecule has 11 heteroatoms. The van der Waals surface area contributed by atoms with E-state index in [0.29, 0.717) is 19.3 Å². The van der Waals surface area contributed by atoms with Crippen LogP contribution in [0, 0.1) is 17.8 Å². The quantitative estimate of drug-likeness (QED) is 0.210. The Kier molecular flexibility index (Phi) is 14.5. The van der Waals surface area contributed by atoms with Gasteiger partial charge in [-0.2, -0.15) is 0 Å². The first-order chi connectivity index (χ1) is 20.1. The maximum atomic E-state index is 13.9. The fourth-order valence-corrected chi connectivity index (χ4v) is 5.34. The van der Waals surface area contributed by atoms with Crippen LogP contribution in [0.2, 0.25) is 0 Å². The number of nitrogens with one attached hydrogen (secondary N) is 3. The van der Waals surface area contributed by atoms with E-state index in [-0.39, 0.29) is 35.5 Å². The van der Waals surface area contributed by atoms with Crippen molar-refractivity contribution in [2.45, 2.75) is 157 Å². The number of ketones is 1. The van der Waals surface area contributed by atoms with E-state index in [9.17, 15) is 24.0 Å². The van der Waals surface area contributed by atoms with Gasteiger partial charge < -0.3 is 30.3 Å². The van der Waals surface area contributed by atoms with Crippen molar-refractivity contribution < 1.29 is 33.4 Å². The van der Waals surface area contributed by atoms with Gasteiger partial charge in [0.15, 0.2) is 11.4 Å². The van der Waals surface area contributed by atoms with Crippen LogP contribution < -0.4 is 16.0 Å². The Hall–Kier alpha value is -2.53. The topological polar surface area (TPSA) is 146 Å². The smallest absolute Gasteiger partial charge is 0.245 e. The highest BCUT2D eigenvalue weighted by atomic mass is 16.6. The molecular weight excluding hydrogens is 564 g/mol. The van der Waals surface area contributed by atoms with Gasteiger partial charge in [-0.25, -0.2) is 0 Å². The van der Waals surface area contributed by atoms with Gasteiger partial charge in [0.25, 0.3) is 0 Å². The summed E-state index contributed by atoms with van der Waals surface area (Å²) in [6.07, 6.45) is 0.602. The molecule has 254 valence electrons. The number of amides is 4. The maximum Gasteiger partial charge on any atom is 0.245 e. The highest BCUT2D eigenvalue weighted by Crippen LogP contribution is 2.38. The molecule has 1 aliphatic rings. The lowest BCUT2D eigenvalue weighted by Crippen LogP contribution is -2.62. The fourth-order valence-electron chi connectivity index (χ4n) is 5.34. The molecule has 0 unspecified atom stereocenters. The molecule has 1 rings (SSSR count). The molecule has 0 aromatic heterocycles. The molecule has 11 nitrogen and oxygen atoms in total. The van der Waals surface area contributed by atoms with E-state index in [1.54, 1.807) is 20.9 Å².